The molecular formula is C19H8Cl2N4O6. The fraction of sp³-hybridized carbons (Fsp3) is 0. The Bertz CT molecular complexity index is 1360. The highest BCUT2D eigenvalue weighted by Gasteiger charge is 2.36. The van der Waals surface area contributed by atoms with Gasteiger partial charge in [-0.1, -0.05) is 23.2 Å². The normalized spacial score (nSPS) is 13.0. The van der Waals surface area contributed by atoms with Gasteiger partial charge >= 0.3 is 0 Å². The van der Waals surface area contributed by atoms with Crippen LogP contribution in [0.5, 0.6) is 0 Å². The van der Waals surface area contributed by atoms with Crippen molar-refractivity contribution in [2.75, 3.05) is 0 Å². The van der Waals surface area contributed by atoms with Gasteiger partial charge in [0.25, 0.3) is 17.1 Å². The molecule has 0 fully saturated rings. The van der Waals surface area contributed by atoms with E-state index in [1.165, 1.54) is 36.4 Å². The van der Waals surface area contributed by atoms with Crippen molar-refractivity contribution in [2.24, 2.45) is 4.99 Å². The molecule has 0 bridgehead atoms. The third-order valence-corrected chi connectivity index (χ3v) is 5.20. The summed E-state index contributed by atoms with van der Waals surface area (Å²) in [5.74, 6) is 0. The number of nitrogens with zero attached hydrogens (tertiary/aromatic N) is 4. The lowest BCUT2D eigenvalue weighted by atomic mass is 10.0. The summed E-state index contributed by atoms with van der Waals surface area (Å²) >= 11 is 12.2. The van der Waals surface area contributed by atoms with Crippen LogP contribution in [0.15, 0.2) is 53.5 Å². The molecule has 1 aliphatic rings. The first kappa shape index (κ1) is 20.4. The minimum absolute atomic E-state index is 0.0738. The Morgan fingerprint density at radius 1 is 0.710 bits per heavy atom. The summed E-state index contributed by atoms with van der Waals surface area (Å²) in [6.07, 6.45) is 0. The zero-order chi connectivity index (χ0) is 22.4. The van der Waals surface area contributed by atoms with Crippen LogP contribution in [0.1, 0.15) is 11.1 Å². The Balaban J connectivity index is 2.11. The number of nitro benzene ring substituents is 3. The highest BCUT2D eigenvalue weighted by molar-refractivity contribution is 6.35. The summed E-state index contributed by atoms with van der Waals surface area (Å²) in [4.78, 5) is 36.6. The average Bonchev–Trinajstić information content (AvgIpc) is 3.02. The van der Waals surface area contributed by atoms with Crippen LogP contribution in [0.4, 0.5) is 22.7 Å². The van der Waals surface area contributed by atoms with Crippen LogP contribution in [-0.4, -0.2) is 20.5 Å². The molecule has 3 aromatic carbocycles. The number of fused-ring (bicyclic) bond motifs is 3. The molecule has 0 saturated carbocycles. The molecule has 154 valence electrons. The maximum Gasteiger partial charge on any atom is 0.284 e. The van der Waals surface area contributed by atoms with E-state index < -0.39 is 26.1 Å². The summed E-state index contributed by atoms with van der Waals surface area (Å²) in [5.41, 5.74) is -0.353. The number of hydrogen-bond acceptors (Lipinski definition) is 7. The van der Waals surface area contributed by atoms with E-state index in [1.807, 2.05) is 0 Å². The average molecular weight is 459 g/mol. The first-order valence-corrected chi connectivity index (χ1v) is 9.23. The number of aliphatic imine (C=N–C) groups is 1. The maximum atomic E-state index is 11.7. The molecule has 0 heterocycles. The zero-order valence-corrected chi connectivity index (χ0v) is 16.6. The minimum atomic E-state index is -0.761. The summed E-state index contributed by atoms with van der Waals surface area (Å²) in [5, 5.41) is 34.9. The van der Waals surface area contributed by atoms with Gasteiger partial charge in [0.2, 0.25) is 0 Å². The SMILES string of the molecule is O=[N+]([O-])c1ccc2c(c1)C(=Nc1cc(Cl)ccc1Cl)c1cc([N+](=O)[O-])cc([N+](=O)[O-])c1-2. The second kappa shape index (κ2) is 7.42. The standard InChI is InChI=1S/C19H8Cl2N4O6/c20-9-1-4-15(21)16(5-9)22-19-13-6-10(23(26)27)2-3-12(13)18-14(19)7-11(24(28)29)8-17(18)25(30)31/h1-8H. The van der Waals surface area contributed by atoms with Crippen molar-refractivity contribution in [1.29, 1.82) is 0 Å². The van der Waals surface area contributed by atoms with Crippen LogP contribution in [-0.2, 0) is 0 Å². The van der Waals surface area contributed by atoms with Crippen molar-refractivity contribution < 1.29 is 14.8 Å². The summed E-state index contributed by atoms with van der Waals surface area (Å²) in [6, 6.07) is 10.2. The Kier molecular flexibility index (Phi) is 4.88. The molecular weight excluding hydrogens is 451 g/mol. The van der Waals surface area contributed by atoms with E-state index in [2.05, 4.69) is 4.99 Å². The number of benzene rings is 3. The second-order valence-electron chi connectivity index (χ2n) is 6.44. The van der Waals surface area contributed by atoms with Gasteiger partial charge in [-0.05, 0) is 29.8 Å². The first-order chi connectivity index (χ1) is 14.7. The maximum absolute atomic E-state index is 11.7. The second-order valence-corrected chi connectivity index (χ2v) is 7.29. The molecule has 0 saturated heterocycles. The van der Waals surface area contributed by atoms with Gasteiger partial charge in [0, 0.05) is 34.3 Å². The van der Waals surface area contributed by atoms with Gasteiger partial charge < -0.3 is 0 Å². The molecule has 3 aromatic rings. The number of halogens is 2. The van der Waals surface area contributed by atoms with Crippen LogP contribution in [0.25, 0.3) is 11.1 Å². The molecule has 10 nitrogen and oxygen atoms in total. The van der Waals surface area contributed by atoms with Crippen LogP contribution >= 0.6 is 23.2 Å². The number of hydrogen-bond donors (Lipinski definition) is 0. The molecule has 0 radical (unpaired) electrons. The predicted octanol–water partition coefficient (Wildman–Crippen LogP) is 5.87. The molecule has 0 atom stereocenters. The van der Waals surface area contributed by atoms with E-state index in [0.717, 1.165) is 12.1 Å². The van der Waals surface area contributed by atoms with Crippen LogP contribution in [0.2, 0.25) is 10.0 Å². The molecule has 0 aliphatic heterocycles. The Hall–Kier alpha value is -3.89. The van der Waals surface area contributed by atoms with Crippen LogP contribution < -0.4 is 0 Å². The lowest BCUT2D eigenvalue weighted by molar-refractivity contribution is -0.393. The van der Waals surface area contributed by atoms with Gasteiger partial charge in [0.05, 0.1) is 42.8 Å². The molecule has 12 heteroatoms. The van der Waals surface area contributed by atoms with E-state index in [9.17, 15) is 30.3 Å². The third-order valence-electron chi connectivity index (χ3n) is 4.64. The van der Waals surface area contributed by atoms with E-state index in [0.29, 0.717) is 10.6 Å². The fourth-order valence-corrected chi connectivity index (χ4v) is 3.67. The fourth-order valence-electron chi connectivity index (χ4n) is 3.35. The molecule has 31 heavy (non-hydrogen) atoms. The molecule has 0 spiro atoms. The largest absolute Gasteiger partial charge is 0.284 e. The first-order valence-electron chi connectivity index (χ1n) is 8.47. The molecule has 4 rings (SSSR count). The Labute approximate surface area is 182 Å². The van der Waals surface area contributed by atoms with Gasteiger partial charge in [-0.25, -0.2) is 4.99 Å². The van der Waals surface area contributed by atoms with Gasteiger partial charge in [0.15, 0.2) is 0 Å². The van der Waals surface area contributed by atoms with Gasteiger partial charge in [-0.15, -0.1) is 0 Å². The van der Waals surface area contributed by atoms with Crippen molar-refractivity contribution in [3.63, 3.8) is 0 Å². The topological polar surface area (TPSA) is 142 Å². The summed E-state index contributed by atoms with van der Waals surface area (Å²) < 4.78 is 0. The van der Waals surface area contributed by atoms with E-state index in [-0.39, 0.29) is 38.8 Å². The van der Waals surface area contributed by atoms with Crippen molar-refractivity contribution in [2.45, 2.75) is 0 Å². The monoisotopic (exact) mass is 458 g/mol. The summed E-state index contributed by atoms with van der Waals surface area (Å²) in [7, 11) is 0. The third kappa shape index (κ3) is 3.47. The number of nitro groups is 3. The van der Waals surface area contributed by atoms with Gasteiger partial charge in [0.1, 0.15) is 0 Å². The molecule has 0 aromatic heterocycles. The van der Waals surface area contributed by atoms with Crippen molar-refractivity contribution in [3.8, 4) is 11.1 Å². The van der Waals surface area contributed by atoms with Crippen molar-refractivity contribution >= 4 is 51.7 Å². The number of non-ortho nitro benzene ring substituents is 2. The zero-order valence-electron chi connectivity index (χ0n) is 15.1. The molecule has 0 amide bonds. The highest BCUT2D eigenvalue weighted by Crippen LogP contribution is 2.46. The van der Waals surface area contributed by atoms with Crippen molar-refractivity contribution in [1.82, 2.24) is 0 Å². The number of rotatable bonds is 4. The van der Waals surface area contributed by atoms with E-state index in [1.54, 1.807) is 0 Å². The molecule has 0 N–H and O–H groups in total. The van der Waals surface area contributed by atoms with E-state index in [4.69, 9.17) is 23.2 Å². The summed E-state index contributed by atoms with van der Waals surface area (Å²) in [6.45, 7) is 0. The smallest absolute Gasteiger partial charge is 0.258 e. The van der Waals surface area contributed by atoms with Crippen molar-refractivity contribution in [3.05, 3.63) is 100 Å². The molecule has 1 aliphatic carbocycles. The van der Waals surface area contributed by atoms with E-state index >= 15 is 0 Å². The molecule has 0 unspecified atom stereocenters. The van der Waals surface area contributed by atoms with Gasteiger partial charge in [-0.3, -0.25) is 30.3 Å². The highest BCUT2D eigenvalue weighted by atomic mass is 35.5. The Morgan fingerprint density at radius 2 is 1.39 bits per heavy atom. The predicted molar refractivity (Wildman–Crippen MR) is 114 cm³/mol. The minimum Gasteiger partial charge on any atom is -0.258 e. The lowest BCUT2D eigenvalue weighted by Crippen LogP contribution is -2.01. The lowest BCUT2D eigenvalue weighted by Gasteiger charge is -2.05. The van der Waals surface area contributed by atoms with Crippen LogP contribution in [0, 0.1) is 30.3 Å². The van der Waals surface area contributed by atoms with Gasteiger partial charge in [-0.2, -0.15) is 0 Å². The Morgan fingerprint density at radius 3 is 2.03 bits per heavy atom. The quantitative estimate of drug-likeness (QED) is 0.276. The van der Waals surface area contributed by atoms with Crippen LogP contribution in [0.3, 0.4) is 0 Å².